The summed E-state index contributed by atoms with van der Waals surface area (Å²) in [4.78, 5) is 4.35. The summed E-state index contributed by atoms with van der Waals surface area (Å²) in [6, 6.07) is 12.0. The zero-order valence-corrected chi connectivity index (χ0v) is 11.7. The number of aliphatic hydroxyl groups excluding tert-OH is 1. The van der Waals surface area contributed by atoms with Gasteiger partial charge in [0.15, 0.2) is 0 Å². The van der Waals surface area contributed by atoms with Crippen molar-refractivity contribution in [2.75, 3.05) is 0 Å². The standard InChI is InChI=1S/C16H15NOS/c1-10-8-13(9-11(2)17-10)15(18)14-5-3-4-12-6-7-19-16(12)14/h3-9,15,18H,1-2H3. The molecular weight excluding hydrogens is 254 g/mol. The molecule has 1 unspecified atom stereocenters. The van der Waals surface area contributed by atoms with Gasteiger partial charge in [-0.3, -0.25) is 4.98 Å². The molecule has 3 rings (SSSR count). The number of aryl methyl sites for hydroxylation is 2. The number of fused-ring (bicyclic) bond motifs is 1. The lowest BCUT2D eigenvalue weighted by Gasteiger charge is -2.13. The summed E-state index contributed by atoms with van der Waals surface area (Å²) >= 11 is 1.67. The van der Waals surface area contributed by atoms with Gasteiger partial charge in [-0.05, 0) is 48.4 Å². The first-order valence-corrected chi connectivity index (χ1v) is 7.12. The second kappa shape index (κ2) is 4.76. The summed E-state index contributed by atoms with van der Waals surface area (Å²) < 4.78 is 1.15. The molecule has 1 N–H and O–H groups in total. The van der Waals surface area contributed by atoms with Crippen LogP contribution in [0.1, 0.15) is 28.6 Å². The van der Waals surface area contributed by atoms with E-state index in [4.69, 9.17) is 0 Å². The van der Waals surface area contributed by atoms with Gasteiger partial charge in [-0.15, -0.1) is 11.3 Å². The molecule has 1 atom stereocenters. The lowest BCUT2D eigenvalue weighted by Crippen LogP contribution is -2.02. The molecule has 0 bridgehead atoms. The molecule has 0 saturated carbocycles. The maximum Gasteiger partial charge on any atom is 0.106 e. The van der Waals surface area contributed by atoms with Gasteiger partial charge in [0.05, 0.1) is 0 Å². The molecule has 3 heteroatoms. The lowest BCUT2D eigenvalue weighted by molar-refractivity contribution is 0.222. The van der Waals surface area contributed by atoms with Gasteiger partial charge in [-0.1, -0.05) is 18.2 Å². The summed E-state index contributed by atoms with van der Waals surface area (Å²) in [5.41, 5.74) is 3.75. The third-order valence-corrected chi connectivity index (χ3v) is 4.20. The second-order valence-corrected chi connectivity index (χ2v) is 5.69. The smallest absolute Gasteiger partial charge is 0.106 e. The average molecular weight is 269 g/mol. The zero-order valence-electron chi connectivity index (χ0n) is 10.9. The molecule has 96 valence electrons. The van der Waals surface area contributed by atoms with Crippen LogP contribution in [0.5, 0.6) is 0 Å². The number of hydrogen-bond acceptors (Lipinski definition) is 3. The van der Waals surface area contributed by atoms with Gasteiger partial charge >= 0.3 is 0 Å². The quantitative estimate of drug-likeness (QED) is 0.763. The van der Waals surface area contributed by atoms with Gasteiger partial charge in [0.2, 0.25) is 0 Å². The molecule has 19 heavy (non-hydrogen) atoms. The second-order valence-electron chi connectivity index (χ2n) is 4.77. The Kier molecular flexibility index (Phi) is 3.09. The molecule has 0 spiro atoms. The van der Waals surface area contributed by atoms with Gasteiger partial charge in [-0.25, -0.2) is 0 Å². The van der Waals surface area contributed by atoms with E-state index in [0.29, 0.717) is 0 Å². The zero-order chi connectivity index (χ0) is 13.4. The molecule has 2 heterocycles. The minimum atomic E-state index is -0.595. The first kappa shape index (κ1) is 12.3. The number of benzene rings is 1. The van der Waals surface area contributed by atoms with Gasteiger partial charge in [0.1, 0.15) is 6.10 Å². The van der Waals surface area contributed by atoms with Crippen LogP contribution in [0.15, 0.2) is 41.8 Å². The summed E-state index contributed by atoms with van der Waals surface area (Å²) in [6.07, 6.45) is -0.595. The van der Waals surface area contributed by atoms with Gasteiger partial charge in [-0.2, -0.15) is 0 Å². The fourth-order valence-electron chi connectivity index (χ4n) is 2.44. The van der Waals surface area contributed by atoms with E-state index in [9.17, 15) is 5.11 Å². The first-order valence-electron chi connectivity index (χ1n) is 6.24. The summed E-state index contributed by atoms with van der Waals surface area (Å²) in [5.74, 6) is 0. The largest absolute Gasteiger partial charge is 0.384 e. The molecule has 0 saturated heterocycles. The maximum atomic E-state index is 10.6. The van der Waals surface area contributed by atoms with Crippen LogP contribution in [0.3, 0.4) is 0 Å². The number of pyridine rings is 1. The highest BCUT2D eigenvalue weighted by molar-refractivity contribution is 7.17. The van der Waals surface area contributed by atoms with Gasteiger partial charge in [0, 0.05) is 21.7 Å². The Morgan fingerprint density at radius 3 is 2.58 bits per heavy atom. The number of rotatable bonds is 2. The summed E-state index contributed by atoms with van der Waals surface area (Å²) in [7, 11) is 0. The van der Waals surface area contributed by atoms with Gasteiger partial charge in [0.25, 0.3) is 0 Å². The predicted molar refractivity (Wildman–Crippen MR) is 79.6 cm³/mol. The van der Waals surface area contributed by atoms with E-state index < -0.39 is 6.10 Å². The third kappa shape index (κ3) is 2.27. The van der Waals surface area contributed by atoms with Crippen molar-refractivity contribution in [1.82, 2.24) is 4.98 Å². The van der Waals surface area contributed by atoms with E-state index in [1.807, 2.05) is 38.1 Å². The number of thiophene rings is 1. The van der Waals surface area contributed by atoms with Crippen LogP contribution in [0.25, 0.3) is 10.1 Å². The van der Waals surface area contributed by atoms with Crippen molar-refractivity contribution >= 4 is 21.4 Å². The van der Waals surface area contributed by atoms with Gasteiger partial charge < -0.3 is 5.11 Å². The molecule has 3 aromatic rings. The van der Waals surface area contributed by atoms with Crippen molar-refractivity contribution in [3.63, 3.8) is 0 Å². The molecule has 0 aliphatic heterocycles. The van der Waals surface area contributed by atoms with E-state index in [1.54, 1.807) is 11.3 Å². The average Bonchev–Trinajstić information content (AvgIpc) is 2.84. The minimum Gasteiger partial charge on any atom is -0.384 e. The molecule has 0 aliphatic carbocycles. The van der Waals surface area contributed by atoms with Crippen molar-refractivity contribution in [3.05, 3.63) is 64.3 Å². The molecule has 1 aromatic carbocycles. The molecule has 2 aromatic heterocycles. The predicted octanol–water partition coefficient (Wildman–Crippen LogP) is 3.99. The Balaban J connectivity index is 2.13. The molecule has 2 nitrogen and oxygen atoms in total. The monoisotopic (exact) mass is 269 g/mol. The Morgan fingerprint density at radius 2 is 1.84 bits per heavy atom. The SMILES string of the molecule is Cc1cc(C(O)c2cccc3ccsc23)cc(C)n1. The third-order valence-electron chi connectivity index (χ3n) is 3.22. The number of nitrogens with zero attached hydrogens (tertiary/aromatic N) is 1. The van der Waals surface area contributed by atoms with Crippen molar-refractivity contribution < 1.29 is 5.11 Å². The van der Waals surface area contributed by atoms with E-state index in [-0.39, 0.29) is 0 Å². The van der Waals surface area contributed by atoms with E-state index >= 15 is 0 Å². The van der Waals surface area contributed by atoms with E-state index in [1.165, 1.54) is 5.39 Å². The highest BCUT2D eigenvalue weighted by atomic mass is 32.1. The molecule has 0 radical (unpaired) electrons. The van der Waals surface area contributed by atoms with Crippen LogP contribution in [0.2, 0.25) is 0 Å². The Morgan fingerprint density at radius 1 is 1.11 bits per heavy atom. The Hall–Kier alpha value is -1.71. The number of hydrogen-bond donors (Lipinski definition) is 1. The highest BCUT2D eigenvalue weighted by Gasteiger charge is 2.15. The molecular formula is C16H15NOS. The normalized spacial score (nSPS) is 12.8. The van der Waals surface area contributed by atoms with E-state index in [2.05, 4.69) is 22.5 Å². The topological polar surface area (TPSA) is 33.1 Å². The van der Waals surface area contributed by atoms with Crippen LogP contribution in [-0.4, -0.2) is 10.1 Å². The number of aliphatic hydroxyl groups is 1. The van der Waals surface area contributed by atoms with Crippen LogP contribution in [0, 0.1) is 13.8 Å². The molecule has 0 amide bonds. The first-order chi connectivity index (χ1) is 9.15. The fraction of sp³-hybridized carbons (Fsp3) is 0.188. The van der Waals surface area contributed by atoms with Crippen molar-refractivity contribution in [2.45, 2.75) is 20.0 Å². The minimum absolute atomic E-state index is 0.595. The van der Waals surface area contributed by atoms with Crippen molar-refractivity contribution in [2.24, 2.45) is 0 Å². The lowest BCUT2D eigenvalue weighted by atomic mass is 10.00. The van der Waals surface area contributed by atoms with Crippen LogP contribution in [-0.2, 0) is 0 Å². The van der Waals surface area contributed by atoms with E-state index in [0.717, 1.165) is 27.2 Å². The van der Waals surface area contributed by atoms with Crippen molar-refractivity contribution in [1.29, 1.82) is 0 Å². The molecule has 0 fully saturated rings. The number of aromatic nitrogens is 1. The summed E-state index contributed by atoms with van der Waals surface area (Å²) in [6.45, 7) is 3.91. The van der Waals surface area contributed by atoms with Crippen LogP contribution in [0.4, 0.5) is 0 Å². The highest BCUT2D eigenvalue weighted by Crippen LogP contribution is 2.32. The van der Waals surface area contributed by atoms with Crippen molar-refractivity contribution in [3.8, 4) is 0 Å². The molecule has 0 aliphatic rings. The maximum absolute atomic E-state index is 10.6. The fourth-order valence-corrected chi connectivity index (χ4v) is 3.37. The van der Waals surface area contributed by atoms with Crippen LogP contribution >= 0.6 is 11.3 Å². The van der Waals surface area contributed by atoms with Crippen LogP contribution < -0.4 is 0 Å². The Bertz CT molecular complexity index is 712. The summed E-state index contributed by atoms with van der Waals surface area (Å²) in [5, 5.41) is 13.9. The Labute approximate surface area is 116 Å².